The van der Waals surface area contributed by atoms with Crippen LogP contribution in [0.2, 0.25) is 0 Å². The fourth-order valence-corrected chi connectivity index (χ4v) is 3.41. The molecule has 160 valence electrons. The van der Waals surface area contributed by atoms with Crippen LogP contribution in [-0.2, 0) is 0 Å². The maximum Gasteiger partial charge on any atom is 0.118 e. The summed E-state index contributed by atoms with van der Waals surface area (Å²) in [5.74, 6) is 1.63. The van der Waals surface area contributed by atoms with E-state index in [0.29, 0.717) is 0 Å². The van der Waals surface area contributed by atoms with Gasteiger partial charge in [-0.3, -0.25) is 0 Å². The Balaban J connectivity index is 1.88. The highest BCUT2D eigenvalue weighted by atomic mass is 16.5. The highest BCUT2D eigenvalue weighted by Crippen LogP contribution is 2.31. The van der Waals surface area contributed by atoms with Gasteiger partial charge in [-0.1, -0.05) is 36.4 Å². The highest BCUT2D eigenvalue weighted by Gasteiger charge is 2.14. The minimum Gasteiger partial charge on any atom is -0.497 e. The molecule has 0 atom stereocenters. The first-order chi connectivity index (χ1) is 15.8. The first-order valence-electron chi connectivity index (χ1n) is 10.4. The largest absolute Gasteiger partial charge is 0.497 e. The predicted octanol–water partition coefficient (Wildman–Crippen LogP) is 6.75. The molecule has 0 unspecified atom stereocenters. The second-order valence-electron chi connectivity index (χ2n) is 7.19. The Morgan fingerprint density at radius 2 is 0.812 bits per heavy atom. The number of benzene rings is 4. The summed E-state index contributed by atoms with van der Waals surface area (Å²) in [6.45, 7) is 0. The van der Waals surface area contributed by atoms with E-state index >= 15 is 0 Å². The lowest BCUT2D eigenvalue weighted by Crippen LogP contribution is -2.09. The van der Waals surface area contributed by atoms with E-state index in [1.807, 2.05) is 60.7 Å². The highest BCUT2D eigenvalue weighted by molar-refractivity contribution is 6.00. The first-order valence-corrected chi connectivity index (χ1v) is 10.4. The van der Waals surface area contributed by atoms with Gasteiger partial charge in [0.1, 0.15) is 11.5 Å². The third-order valence-electron chi connectivity index (χ3n) is 5.09. The Labute approximate surface area is 189 Å². The summed E-state index contributed by atoms with van der Waals surface area (Å²) >= 11 is 0. The van der Waals surface area contributed by atoms with Crippen LogP contribution in [0.3, 0.4) is 0 Å². The molecular weight excluding hydrogens is 396 g/mol. The monoisotopic (exact) mass is 422 g/mol. The third kappa shape index (κ3) is 5.10. The van der Waals surface area contributed by atoms with Crippen LogP contribution in [0.1, 0.15) is 11.1 Å². The summed E-state index contributed by atoms with van der Waals surface area (Å²) in [6, 6.07) is 36.4. The van der Waals surface area contributed by atoms with Gasteiger partial charge < -0.3 is 20.1 Å². The summed E-state index contributed by atoms with van der Waals surface area (Å²) in [6.07, 6.45) is 0. The topological polar surface area (TPSA) is 42.5 Å². The minimum atomic E-state index is 0.815. The number of ether oxygens (including phenoxy) is 2. The molecule has 32 heavy (non-hydrogen) atoms. The molecule has 4 aromatic rings. The summed E-state index contributed by atoms with van der Waals surface area (Å²) in [7, 11) is 3.35. The molecule has 0 aliphatic heterocycles. The fourth-order valence-electron chi connectivity index (χ4n) is 3.41. The molecular formula is C28H26N2O2. The van der Waals surface area contributed by atoms with Gasteiger partial charge in [0.05, 0.1) is 25.6 Å². The lowest BCUT2D eigenvalue weighted by Gasteiger charge is -2.20. The molecule has 0 saturated carbocycles. The van der Waals surface area contributed by atoms with Crippen molar-refractivity contribution in [3.05, 3.63) is 120 Å². The smallest absolute Gasteiger partial charge is 0.118 e. The molecule has 0 aromatic heterocycles. The van der Waals surface area contributed by atoms with Crippen molar-refractivity contribution in [2.24, 2.45) is 0 Å². The normalized spacial score (nSPS) is 11.3. The van der Waals surface area contributed by atoms with E-state index in [1.54, 1.807) is 14.2 Å². The van der Waals surface area contributed by atoms with Crippen LogP contribution in [0.15, 0.2) is 109 Å². The van der Waals surface area contributed by atoms with Gasteiger partial charge >= 0.3 is 0 Å². The molecule has 0 fully saturated rings. The number of para-hydroxylation sites is 2. The van der Waals surface area contributed by atoms with Crippen molar-refractivity contribution >= 4 is 22.8 Å². The Morgan fingerprint density at radius 3 is 1.12 bits per heavy atom. The van der Waals surface area contributed by atoms with Gasteiger partial charge in [0.15, 0.2) is 0 Å². The number of hydrogen-bond acceptors (Lipinski definition) is 4. The van der Waals surface area contributed by atoms with Gasteiger partial charge in [-0.2, -0.15) is 0 Å². The van der Waals surface area contributed by atoms with Crippen molar-refractivity contribution in [1.29, 1.82) is 0 Å². The molecule has 4 nitrogen and oxygen atoms in total. The van der Waals surface area contributed by atoms with E-state index in [2.05, 4.69) is 59.2 Å². The maximum atomic E-state index is 5.37. The third-order valence-corrected chi connectivity index (χ3v) is 5.09. The van der Waals surface area contributed by atoms with Gasteiger partial charge in [0.25, 0.3) is 0 Å². The van der Waals surface area contributed by atoms with Crippen molar-refractivity contribution in [3.8, 4) is 11.5 Å². The van der Waals surface area contributed by atoms with Crippen LogP contribution in [0.4, 0.5) is 11.4 Å². The Hall–Kier alpha value is -4.18. The van der Waals surface area contributed by atoms with Crippen molar-refractivity contribution in [2.75, 3.05) is 24.9 Å². The molecule has 0 saturated heterocycles. The van der Waals surface area contributed by atoms with E-state index in [1.165, 1.54) is 0 Å². The van der Waals surface area contributed by atoms with Crippen molar-refractivity contribution < 1.29 is 9.47 Å². The number of rotatable bonds is 8. The van der Waals surface area contributed by atoms with Crippen LogP contribution < -0.4 is 20.1 Å². The molecule has 0 spiro atoms. The van der Waals surface area contributed by atoms with E-state index < -0.39 is 0 Å². The SMILES string of the molecule is COc1ccc(/C(Nc2ccccc2)=C(\Nc2ccccc2)c2ccc(OC)cc2)cc1. The zero-order chi connectivity index (χ0) is 22.2. The van der Waals surface area contributed by atoms with E-state index in [9.17, 15) is 0 Å². The molecule has 2 N–H and O–H groups in total. The second-order valence-corrected chi connectivity index (χ2v) is 7.19. The molecule has 4 heteroatoms. The zero-order valence-corrected chi connectivity index (χ0v) is 18.2. The van der Waals surface area contributed by atoms with Crippen molar-refractivity contribution in [1.82, 2.24) is 0 Å². The molecule has 4 rings (SSSR count). The van der Waals surface area contributed by atoms with E-state index in [-0.39, 0.29) is 0 Å². The van der Waals surface area contributed by atoms with Crippen LogP contribution >= 0.6 is 0 Å². The van der Waals surface area contributed by atoms with Crippen LogP contribution in [0.5, 0.6) is 11.5 Å². The Kier molecular flexibility index (Phi) is 6.73. The number of hydrogen-bond donors (Lipinski definition) is 2. The molecule has 0 aliphatic carbocycles. The fraction of sp³-hybridized carbons (Fsp3) is 0.0714. The van der Waals surface area contributed by atoms with Crippen molar-refractivity contribution in [2.45, 2.75) is 0 Å². The van der Waals surface area contributed by atoms with Crippen LogP contribution in [0, 0.1) is 0 Å². The molecule has 0 amide bonds. The minimum absolute atomic E-state index is 0.815. The zero-order valence-electron chi connectivity index (χ0n) is 18.2. The van der Waals surface area contributed by atoms with Gasteiger partial charge in [-0.25, -0.2) is 0 Å². The van der Waals surface area contributed by atoms with E-state index in [4.69, 9.17) is 9.47 Å². The summed E-state index contributed by atoms with van der Waals surface area (Å²) in [5.41, 5.74) is 5.96. The molecule has 4 aromatic carbocycles. The van der Waals surface area contributed by atoms with Gasteiger partial charge in [-0.15, -0.1) is 0 Å². The quantitative estimate of drug-likeness (QED) is 0.308. The summed E-state index contributed by atoms with van der Waals surface area (Å²) < 4.78 is 10.7. The number of anilines is 2. The predicted molar refractivity (Wildman–Crippen MR) is 133 cm³/mol. The lowest BCUT2D eigenvalue weighted by molar-refractivity contribution is 0.414. The van der Waals surface area contributed by atoms with Gasteiger partial charge in [-0.05, 0) is 72.8 Å². The van der Waals surface area contributed by atoms with Crippen molar-refractivity contribution in [3.63, 3.8) is 0 Å². The number of methoxy groups -OCH3 is 2. The molecule has 0 bridgehead atoms. The molecule has 0 aliphatic rings. The van der Waals surface area contributed by atoms with Crippen LogP contribution in [-0.4, -0.2) is 14.2 Å². The molecule has 0 radical (unpaired) electrons. The van der Waals surface area contributed by atoms with E-state index in [0.717, 1.165) is 45.4 Å². The Morgan fingerprint density at radius 1 is 0.469 bits per heavy atom. The second kappa shape index (κ2) is 10.2. The lowest BCUT2D eigenvalue weighted by atomic mass is 10.0. The average Bonchev–Trinajstić information content (AvgIpc) is 2.87. The maximum absolute atomic E-state index is 5.37. The molecule has 0 heterocycles. The average molecular weight is 423 g/mol. The van der Waals surface area contributed by atoms with Gasteiger partial charge in [0, 0.05) is 22.5 Å². The first kappa shape index (κ1) is 21.1. The Bertz CT molecular complexity index is 1060. The van der Waals surface area contributed by atoms with Crippen LogP contribution in [0.25, 0.3) is 11.4 Å². The number of nitrogens with one attached hydrogen (secondary N) is 2. The summed E-state index contributed by atoms with van der Waals surface area (Å²) in [4.78, 5) is 0. The van der Waals surface area contributed by atoms with Gasteiger partial charge in [0.2, 0.25) is 0 Å². The summed E-state index contributed by atoms with van der Waals surface area (Å²) in [5, 5.41) is 7.25. The standard InChI is InChI=1S/C28H26N2O2/c1-31-25-17-13-21(14-18-25)27(29-23-9-5-3-6-10-23)28(30-24-11-7-4-8-12-24)22-15-19-26(32-2)20-16-22/h3-20,29-30H,1-2H3/b28-27+.